The van der Waals surface area contributed by atoms with Gasteiger partial charge in [0, 0.05) is 19.1 Å². The number of hydrogen-bond donors (Lipinski definition) is 1. The zero-order valence-corrected chi connectivity index (χ0v) is 16.3. The predicted octanol–water partition coefficient (Wildman–Crippen LogP) is 2.46. The third kappa shape index (κ3) is 4.27. The van der Waals surface area contributed by atoms with Crippen molar-refractivity contribution in [3.63, 3.8) is 0 Å². The number of aromatic nitrogens is 3. The normalized spacial score (nSPS) is 19.0. The van der Waals surface area contributed by atoms with E-state index in [1.165, 1.54) is 37.4 Å². The van der Waals surface area contributed by atoms with Crippen molar-refractivity contribution in [3.05, 3.63) is 6.33 Å². The van der Waals surface area contributed by atoms with Crippen molar-refractivity contribution < 1.29 is 9.53 Å². The van der Waals surface area contributed by atoms with Crippen LogP contribution in [0.15, 0.2) is 11.4 Å². The number of nitrogens with one attached hydrogen (secondary N) is 1. The summed E-state index contributed by atoms with van der Waals surface area (Å²) < 4.78 is 6.37. The minimum absolute atomic E-state index is 0.0894. The lowest BCUT2D eigenvalue weighted by Crippen LogP contribution is -2.37. The second-order valence-electron chi connectivity index (χ2n) is 6.62. The van der Waals surface area contributed by atoms with E-state index in [0.29, 0.717) is 17.4 Å². The molecule has 9 heteroatoms. The molecule has 2 aromatic heterocycles. The van der Waals surface area contributed by atoms with Crippen molar-refractivity contribution in [1.82, 2.24) is 20.3 Å². The van der Waals surface area contributed by atoms with Gasteiger partial charge in [-0.05, 0) is 12.8 Å². The molecule has 1 saturated heterocycles. The van der Waals surface area contributed by atoms with Crippen molar-refractivity contribution in [3.8, 4) is 0 Å². The van der Waals surface area contributed by atoms with Gasteiger partial charge in [0.15, 0.2) is 10.8 Å². The zero-order chi connectivity index (χ0) is 17.8. The monoisotopic (exact) mass is 393 g/mol. The van der Waals surface area contributed by atoms with E-state index in [0.717, 1.165) is 54.0 Å². The lowest BCUT2D eigenvalue weighted by molar-refractivity contribution is -0.119. The number of carbonyl (C=O) groups is 1. The van der Waals surface area contributed by atoms with Crippen LogP contribution < -0.4 is 10.2 Å². The van der Waals surface area contributed by atoms with Gasteiger partial charge in [-0.1, -0.05) is 42.4 Å². The second-order valence-corrected chi connectivity index (χ2v) is 8.56. The summed E-state index contributed by atoms with van der Waals surface area (Å²) in [5.74, 6) is 0.472. The molecule has 2 aromatic rings. The first-order valence-electron chi connectivity index (χ1n) is 9.16. The third-order valence-electron chi connectivity index (χ3n) is 4.74. The van der Waals surface area contributed by atoms with E-state index in [2.05, 4.69) is 25.2 Å². The van der Waals surface area contributed by atoms with Gasteiger partial charge in [-0.15, -0.1) is 0 Å². The Morgan fingerprint density at radius 1 is 1.27 bits per heavy atom. The Morgan fingerprint density at radius 3 is 2.88 bits per heavy atom. The van der Waals surface area contributed by atoms with E-state index in [1.54, 1.807) is 11.3 Å². The maximum atomic E-state index is 12.3. The van der Waals surface area contributed by atoms with Crippen molar-refractivity contribution in [1.29, 1.82) is 0 Å². The molecule has 0 atom stereocenters. The Hall–Kier alpha value is -1.45. The summed E-state index contributed by atoms with van der Waals surface area (Å²) in [6.45, 7) is 3.15. The van der Waals surface area contributed by atoms with E-state index in [-0.39, 0.29) is 5.91 Å². The summed E-state index contributed by atoms with van der Waals surface area (Å²) >= 11 is 3.07. The summed E-state index contributed by atoms with van der Waals surface area (Å²) in [7, 11) is 0. The molecule has 140 valence electrons. The SMILES string of the molecule is O=C(CSc1ncnc2nc(N3CCOCC3)sc12)NC1CCCCC1. The van der Waals surface area contributed by atoms with Gasteiger partial charge in [-0.2, -0.15) is 4.98 Å². The lowest BCUT2D eigenvalue weighted by Gasteiger charge is -2.25. The van der Waals surface area contributed by atoms with E-state index in [4.69, 9.17) is 4.74 Å². The number of fused-ring (bicyclic) bond motifs is 1. The molecule has 7 nitrogen and oxygen atoms in total. The highest BCUT2D eigenvalue weighted by Gasteiger charge is 2.19. The van der Waals surface area contributed by atoms with Crippen LogP contribution in [0, 0.1) is 0 Å². The van der Waals surface area contributed by atoms with Crippen LogP contribution in [-0.2, 0) is 9.53 Å². The molecule has 1 saturated carbocycles. The largest absolute Gasteiger partial charge is 0.378 e. The molecule has 2 aliphatic rings. The van der Waals surface area contributed by atoms with Gasteiger partial charge in [0.1, 0.15) is 16.1 Å². The molecular weight excluding hydrogens is 370 g/mol. The number of thioether (sulfide) groups is 1. The Morgan fingerprint density at radius 2 is 2.08 bits per heavy atom. The number of nitrogens with zero attached hydrogens (tertiary/aromatic N) is 4. The van der Waals surface area contributed by atoms with E-state index in [9.17, 15) is 4.79 Å². The Labute approximate surface area is 160 Å². The van der Waals surface area contributed by atoms with E-state index < -0.39 is 0 Å². The Kier molecular flexibility index (Phi) is 5.86. The number of thiazole rings is 1. The second kappa shape index (κ2) is 8.49. The molecule has 0 aromatic carbocycles. The first kappa shape index (κ1) is 17.9. The molecule has 1 amide bonds. The highest BCUT2D eigenvalue weighted by Crippen LogP contribution is 2.33. The molecule has 0 radical (unpaired) electrons. The van der Waals surface area contributed by atoms with Crippen molar-refractivity contribution >= 4 is 44.5 Å². The van der Waals surface area contributed by atoms with Gasteiger partial charge in [0.25, 0.3) is 0 Å². The summed E-state index contributed by atoms with van der Waals surface area (Å²) in [4.78, 5) is 27.8. The topological polar surface area (TPSA) is 80.2 Å². The molecule has 2 fully saturated rings. The van der Waals surface area contributed by atoms with Crippen LogP contribution in [0.1, 0.15) is 32.1 Å². The zero-order valence-electron chi connectivity index (χ0n) is 14.6. The molecule has 1 aliphatic heterocycles. The van der Waals surface area contributed by atoms with Crippen LogP contribution in [0.4, 0.5) is 5.13 Å². The summed E-state index contributed by atoms with van der Waals surface area (Å²) in [5, 5.41) is 4.95. The van der Waals surface area contributed by atoms with Crippen LogP contribution >= 0.6 is 23.1 Å². The van der Waals surface area contributed by atoms with Gasteiger partial charge in [-0.25, -0.2) is 9.97 Å². The Bertz CT molecular complexity index is 757. The highest BCUT2D eigenvalue weighted by atomic mass is 32.2. The van der Waals surface area contributed by atoms with Gasteiger partial charge in [0.05, 0.1) is 19.0 Å². The number of rotatable bonds is 5. The molecule has 26 heavy (non-hydrogen) atoms. The van der Waals surface area contributed by atoms with Crippen molar-refractivity contribution in [2.75, 3.05) is 37.0 Å². The molecule has 0 spiro atoms. The molecule has 0 unspecified atom stereocenters. The maximum absolute atomic E-state index is 12.3. The number of amides is 1. The molecule has 1 N–H and O–H groups in total. The molecular formula is C17H23N5O2S2. The summed E-state index contributed by atoms with van der Waals surface area (Å²) in [6.07, 6.45) is 7.47. The average Bonchev–Trinajstić information content (AvgIpc) is 3.13. The van der Waals surface area contributed by atoms with Gasteiger partial charge >= 0.3 is 0 Å². The fourth-order valence-corrected chi connectivity index (χ4v) is 5.32. The van der Waals surface area contributed by atoms with Crippen LogP contribution in [0.2, 0.25) is 0 Å². The van der Waals surface area contributed by atoms with Crippen molar-refractivity contribution in [2.24, 2.45) is 0 Å². The van der Waals surface area contributed by atoms with Crippen LogP contribution in [0.25, 0.3) is 10.3 Å². The van der Waals surface area contributed by atoms with Crippen LogP contribution in [0.3, 0.4) is 0 Å². The molecule has 0 bridgehead atoms. The molecule has 1 aliphatic carbocycles. The minimum atomic E-state index is 0.0894. The summed E-state index contributed by atoms with van der Waals surface area (Å²) in [5.41, 5.74) is 0.710. The van der Waals surface area contributed by atoms with Gasteiger partial charge in [0.2, 0.25) is 5.91 Å². The van der Waals surface area contributed by atoms with Gasteiger partial charge < -0.3 is 15.0 Å². The predicted molar refractivity (Wildman–Crippen MR) is 104 cm³/mol. The smallest absolute Gasteiger partial charge is 0.230 e. The fraction of sp³-hybridized carbons (Fsp3) is 0.647. The van der Waals surface area contributed by atoms with Crippen LogP contribution in [-0.4, -0.2) is 59.0 Å². The number of morpholine rings is 1. The number of anilines is 1. The third-order valence-corrected chi connectivity index (χ3v) is 6.97. The maximum Gasteiger partial charge on any atom is 0.230 e. The quantitative estimate of drug-likeness (QED) is 0.617. The van der Waals surface area contributed by atoms with Crippen LogP contribution in [0.5, 0.6) is 0 Å². The van der Waals surface area contributed by atoms with Crippen molar-refractivity contribution in [2.45, 2.75) is 43.2 Å². The standard InChI is InChI=1S/C17H23N5O2S2/c23-13(20-12-4-2-1-3-5-12)10-25-16-14-15(18-11-19-16)21-17(26-14)22-6-8-24-9-7-22/h11-12H,1-10H2,(H,20,23). The van der Waals surface area contributed by atoms with E-state index >= 15 is 0 Å². The van der Waals surface area contributed by atoms with Gasteiger partial charge in [-0.3, -0.25) is 4.79 Å². The number of ether oxygens (including phenoxy) is 1. The number of hydrogen-bond acceptors (Lipinski definition) is 8. The highest BCUT2D eigenvalue weighted by molar-refractivity contribution is 8.00. The lowest BCUT2D eigenvalue weighted by atomic mass is 9.95. The number of carbonyl (C=O) groups excluding carboxylic acids is 1. The summed E-state index contributed by atoms with van der Waals surface area (Å²) in [6, 6.07) is 0.346. The first-order chi connectivity index (χ1) is 12.8. The first-order valence-corrected chi connectivity index (χ1v) is 11.0. The Balaban J connectivity index is 1.41. The molecule has 3 heterocycles. The minimum Gasteiger partial charge on any atom is -0.378 e. The van der Waals surface area contributed by atoms with E-state index in [1.807, 2.05) is 0 Å². The fourth-order valence-electron chi connectivity index (χ4n) is 3.37. The average molecular weight is 394 g/mol. The molecule has 4 rings (SSSR count).